The van der Waals surface area contributed by atoms with Gasteiger partial charge in [-0.2, -0.15) is 0 Å². The Kier molecular flexibility index (Phi) is 3.52. The van der Waals surface area contributed by atoms with Gasteiger partial charge in [-0.25, -0.2) is 13.2 Å². The molecular weight excluding hydrogens is 306 g/mol. The molecule has 6 nitrogen and oxygen atoms in total. The van der Waals surface area contributed by atoms with Gasteiger partial charge in [-0.3, -0.25) is 4.79 Å². The zero-order chi connectivity index (χ0) is 15.0. The summed E-state index contributed by atoms with van der Waals surface area (Å²) in [6, 6.07) is 6.35. The minimum Gasteiger partial charge on any atom is -0.481 e. The highest BCUT2D eigenvalue weighted by Gasteiger charge is 2.53. The number of hydrogen-bond donors (Lipinski definition) is 1. The van der Waals surface area contributed by atoms with Gasteiger partial charge in [-0.15, -0.1) is 0 Å². The Morgan fingerprint density at radius 3 is 2.65 bits per heavy atom. The van der Waals surface area contributed by atoms with Crippen molar-refractivity contribution < 1.29 is 23.1 Å². The van der Waals surface area contributed by atoms with Gasteiger partial charge in [0.15, 0.2) is 0 Å². The standard InChI is InChI=1S/C12H8ClNO5S/c13-12(20(18,19)14-7-15)6-5-8-3-1-2-4-9(8)10(12)11(16)17/h1-6,10H,(H,16,17). The summed E-state index contributed by atoms with van der Waals surface area (Å²) in [4.78, 5) is 21.7. The Labute approximate surface area is 119 Å². The minimum absolute atomic E-state index is 0.238. The van der Waals surface area contributed by atoms with Crippen LogP contribution in [0, 0.1) is 0 Å². The number of fused-ring (bicyclic) bond motifs is 1. The van der Waals surface area contributed by atoms with Crippen LogP contribution in [0.25, 0.3) is 6.08 Å². The summed E-state index contributed by atoms with van der Waals surface area (Å²) in [5.41, 5.74) is 0.781. The fourth-order valence-electron chi connectivity index (χ4n) is 2.09. The zero-order valence-corrected chi connectivity index (χ0v) is 11.4. The molecule has 2 unspecified atom stereocenters. The molecular formula is C12H8ClNO5S. The van der Waals surface area contributed by atoms with Crippen LogP contribution >= 0.6 is 11.6 Å². The number of halogens is 1. The van der Waals surface area contributed by atoms with Crippen LogP contribution in [0.1, 0.15) is 17.0 Å². The Hall–Kier alpha value is -1.95. The first-order valence-electron chi connectivity index (χ1n) is 5.37. The number of carbonyl (C=O) groups excluding carboxylic acids is 1. The molecule has 0 aromatic heterocycles. The van der Waals surface area contributed by atoms with Crippen LogP contribution in [0.15, 0.2) is 34.7 Å². The monoisotopic (exact) mass is 313 g/mol. The first kappa shape index (κ1) is 14.5. The second-order valence-electron chi connectivity index (χ2n) is 4.09. The molecule has 1 aliphatic rings. The molecule has 20 heavy (non-hydrogen) atoms. The van der Waals surface area contributed by atoms with Crippen molar-refractivity contribution in [3.63, 3.8) is 0 Å². The number of sulfonamides is 1. The van der Waals surface area contributed by atoms with Crippen molar-refractivity contribution in [3.8, 4) is 0 Å². The third kappa shape index (κ3) is 2.06. The zero-order valence-electron chi connectivity index (χ0n) is 9.86. The number of benzene rings is 1. The number of aliphatic carboxylic acids is 1. The Bertz CT molecular complexity index is 751. The van der Waals surface area contributed by atoms with Gasteiger partial charge in [-0.1, -0.05) is 46.3 Å². The lowest BCUT2D eigenvalue weighted by atomic mass is 9.86. The first-order valence-corrected chi connectivity index (χ1v) is 7.19. The molecule has 0 heterocycles. The van der Waals surface area contributed by atoms with Gasteiger partial charge in [0.25, 0.3) is 16.1 Å². The number of carbonyl (C=O) groups is 1. The number of carboxylic acids is 1. The molecule has 0 saturated heterocycles. The van der Waals surface area contributed by atoms with E-state index in [9.17, 15) is 23.1 Å². The van der Waals surface area contributed by atoms with E-state index in [1.807, 2.05) is 0 Å². The van der Waals surface area contributed by atoms with Crippen molar-refractivity contribution >= 4 is 39.7 Å². The molecule has 0 aliphatic heterocycles. The maximum Gasteiger partial charge on any atom is 0.314 e. The summed E-state index contributed by atoms with van der Waals surface area (Å²) >= 11 is 6.01. The van der Waals surface area contributed by atoms with E-state index in [1.54, 1.807) is 18.2 Å². The van der Waals surface area contributed by atoms with Crippen molar-refractivity contribution in [3.05, 3.63) is 41.5 Å². The molecule has 0 fully saturated rings. The van der Waals surface area contributed by atoms with Crippen molar-refractivity contribution in [2.45, 2.75) is 10.1 Å². The lowest BCUT2D eigenvalue weighted by molar-refractivity contribution is -0.138. The van der Waals surface area contributed by atoms with E-state index in [0.29, 0.717) is 5.56 Å². The van der Waals surface area contributed by atoms with E-state index in [0.717, 1.165) is 12.2 Å². The van der Waals surface area contributed by atoms with E-state index in [1.165, 1.54) is 12.1 Å². The quantitative estimate of drug-likeness (QED) is 0.517. The summed E-state index contributed by atoms with van der Waals surface area (Å²) in [5, 5.41) is 9.33. The number of carboxylic acid groups (broad SMARTS) is 1. The number of hydrogen-bond acceptors (Lipinski definition) is 4. The number of nitrogens with zero attached hydrogens (tertiary/aromatic N) is 1. The second kappa shape index (κ2) is 4.86. The van der Waals surface area contributed by atoms with Gasteiger partial charge >= 0.3 is 5.97 Å². The Balaban J connectivity index is 2.74. The molecule has 1 aliphatic carbocycles. The van der Waals surface area contributed by atoms with Gasteiger partial charge in [0.05, 0.1) is 0 Å². The molecule has 2 rings (SSSR count). The Morgan fingerprint density at radius 1 is 1.40 bits per heavy atom. The third-order valence-corrected chi connectivity index (χ3v) is 5.40. The predicted molar refractivity (Wildman–Crippen MR) is 71.5 cm³/mol. The maximum atomic E-state index is 12.0. The molecule has 0 radical (unpaired) electrons. The molecule has 1 aromatic rings. The van der Waals surface area contributed by atoms with E-state index < -0.39 is 26.1 Å². The molecule has 0 bridgehead atoms. The van der Waals surface area contributed by atoms with E-state index in [4.69, 9.17) is 11.6 Å². The highest BCUT2D eigenvalue weighted by molar-refractivity contribution is 7.93. The average molecular weight is 314 g/mol. The van der Waals surface area contributed by atoms with Gasteiger partial charge < -0.3 is 5.11 Å². The number of isocyanates is 1. The molecule has 0 saturated carbocycles. The SMILES string of the molecule is O=C=NS(=O)(=O)C1(Cl)C=Cc2ccccc2C1C(=O)O. The third-order valence-electron chi connectivity index (χ3n) is 2.99. The van der Waals surface area contributed by atoms with Crippen LogP contribution in [0.3, 0.4) is 0 Å². The highest BCUT2D eigenvalue weighted by atomic mass is 35.5. The van der Waals surface area contributed by atoms with Gasteiger partial charge in [0, 0.05) is 0 Å². The summed E-state index contributed by atoms with van der Waals surface area (Å²) < 4.78 is 24.2. The Morgan fingerprint density at radius 2 is 2.05 bits per heavy atom. The maximum absolute atomic E-state index is 12.0. The van der Waals surface area contributed by atoms with Crippen LogP contribution in [0.4, 0.5) is 0 Å². The van der Waals surface area contributed by atoms with Crippen LogP contribution < -0.4 is 0 Å². The van der Waals surface area contributed by atoms with Gasteiger partial charge in [0.2, 0.25) is 4.21 Å². The molecule has 0 spiro atoms. The van der Waals surface area contributed by atoms with Crippen LogP contribution in [0.5, 0.6) is 0 Å². The van der Waals surface area contributed by atoms with Crippen molar-refractivity contribution in [1.82, 2.24) is 0 Å². The normalized spacial score (nSPS) is 24.6. The fourth-order valence-corrected chi connectivity index (χ4v) is 3.47. The number of alkyl halides is 1. The molecule has 104 valence electrons. The van der Waals surface area contributed by atoms with Crippen LogP contribution in [-0.2, 0) is 19.6 Å². The smallest absolute Gasteiger partial charge is 0.314 e. The van der Waals surface area contributed by atoms with E-state index in [2.05, 4.69) is 4.40 Å². The molecule has 1 N–H and O–H groups in total. The van der Waals surface area contributed by atoms with Crippen molar-refractivity contribution in [1.29, 1.82) is 0 Å². The van der Waals surface area contributed by atoms with Crippen LogP contribution in [-0.4, -0.2) is 29.8 Å². The lowest BCUT2D eigenvalue weighted by Gasteiger charge is -2.31. The second-order valence-corrected chi connectivity index (χ2v) is 6.75. The average Bonchev–Trinajstić information content (AvgIpc) is 2.37. The largest absolute Gasteiger partial charge is 0.481 e. The summed E-state index contributed by atoms with van der Waals surface area (Å²) in [5.74, 6) is -3.01. The number of rotatable bonds is 3. The van der Waals surface area contributed by atoms with Crippen LogP contribution in [0.2, 0.25) is 0 Å². The summed E-state index contributed by atoms with van der Waals surface area (Å²) in [6.07, 6.45) is 3.30. The van der Waals surface area contributed by atoms with Crippen molar-refractivity contribution in [2.24, 2.45) is 4.40 Å². The predicted octanol–water partition coefficient (Wildman–Crippen LogP) is 1.48. The molecule has 2 atom stereocenters. The van der Waals surface area contributed by atoms with E-state index in [-0.39, 0.29) is 5.56 Å². The molecule has 1 aromatic carbocycles. The van der Waals surface area contributed by atoms with E-state index >= 15 is 0 Å². The summed E-state index contributed by atoms with van der Waals surface area (Å²) in [6.45, 7) is 0. The lowest BCUT2D eigenvalue weighted by Crippen LogP contribution is -2.42. The first-order chi connectivity index (χ1) is 9.33. The summed E-state index contributed by atoms with van der Waals surface area (Å²) in [7, 11) is -4.57. The molecule has 0 amide bonds. The highest BCUT2D eigenvalue weighted by Crippen LogP contribution is 2.45. The van der Waals surface area contributed by atoms with Gasteiger partial charge in [-0.05, 0) is 17.2 Å². The fraction of sp³-hybridized carbons (Fsp3) is 0.167. The minimum atomic E-state index is -4.57. The molecule has 8 heteroatoms. The topological polar surface area (TPSA) is 101 Å². The van der Waals surface area contributed by atoms with Gasteiger partial charge in [0.1, 0.15) is 5.92 Å². The van der Waals surface area contributed by atoms with Crippen molar-refractivity contribution in [2.75, 3.05) is 0 Å².